The molecule has 2 aromatic carbocycles. The summed E-state index contributed by atoms with van der Waals surface area (Å²) in [5.41, 5.74) is 4.05. The van der Waals surface area contributed by atoms with Crippen LogP contribution in [-0.4, -0.2) is 37.0 Å². The minimum Gasteiger partial charge on any atom is -0.455 e. The number of rotatable bonds is 3. The molecule has 0 spiro atoms. The molecule has 2 aliphatic rings. The number of carbonyl (C=O) groups excluding carboxylic acids is 1. The molecule has 6 heteroatoms. The standard InChI is InChI=1S/C23H24FN3O2/c1-13-17-11-18-20(12-19(17)26-9-10-27(13)16-7-8-16)29-22(21(18)23(28)25-2)14-3-5-15(24)6-4-14/h3-6,11-13,16,26H,7-10H2,1-2H3,(H,25,28). The number of fused-ring (bicyclic) bond motifs is 2. The fourth-order valence-electron chi connectivity index (χ4n) is 4.41. The van der Waals surface area contributed by atoms with E-state index in [0.717, 1.165) is 24.2 Å². The Bertz CT molecular complexity index is 1090. The lowest BCUT2D eigenvalue weighted by molar-refractivity contribution is 0.0964. The average molecular weight is 393 g/mol. The monoisotopic (exact) mass is 393 g/mol. The molecule has 150 valence electrons. The lowest BCUT2D eigenvalue weighted by atomic mass is 9.99. The molecule has 2 heterocycles. The molecule has 0 saturated heterocycles. The largest absolute Gasteiger partial charge is 0.455 e. The Morgan fingerprint density at radius 2 is 2.00 bits per heavy atom. The molecule has 1 atom stereocenters. The summed E-state index contributed by atoms with van der Waals surface area (Å²) >= 11 is 0. The third-order valence-corrected chi connectivity index (χ3v) is 6.07. The molecule has 1 saturated carbocycles. The van der Waals surface area contributed by atoms with Gasteiger partial charge in [-0.25, -0.2) is 4.39 Å². The zero-order valence-corrected chi connectivity index (χ0v) is 16.6. The van der Waals surface area contributed by atoms with Crippen LogP contribution in [0, 0.1) is 5.82 Å². The molecule has 1 aliphatic carbocycles. The second kappa shape index (κ2) is 6.88. The average Bonchev–Trinajstić information content (AvgIpc) is 3.51. The van der Waals surface area contributed by atoms with Gasteiger partial charge in [0.2, 0.25) is 0 Å². The van der Waals surface area contributed by atoms with E-state index in [2.05, 4.69) is 28.5 Å². The van der Waals surface area contributed by atoms with Crippen molar-refractivity contribution in [1.29, 1.82) is 0 Å². The van der Waals surface area contributed by atoms with E-state index in [-0.39, 0.29) is 17.8 Å². The van der Waals surface area contributed by atoms with Crippen molar-refractivity contribution >= 4 is 22.6 Å². The van der Waals surface area contributed by atoms with Gasteiger partial charge >= 0.3 is 0 Å². The van der Waals surface area contributed by atoms with E-state index in [1.54, 1.807) is 19.2 Å². The van der Waals surface area contributed by atoms with E-state index in [1.807, 2.05) is 6.07 Å². The molecule has 1 unspecified atom stereocenters. The summed E-state index contributed by atoms with van der Waals surface area (Å²) in [4.78, 5) is 15.3. The topological polar surface area (TPSA) is 57.5 Å². The molecule has 5 rings (SSSR count). The molecule has 0 radical (unpaired) electrons. The van der Waals surface area contributed by atoms with Gasteiger partial charge in [-0.2, -0.15) is 0 Å². The van der Waals surface area contributed by atoms with Gasteiger partial charge in [-0.05, 0) is 55.7 Å². The SMILES string of the molecule is CNC(=O)c1c(-c2ccc(F)cc2)oc2cc3c(cc12)C(C)N(C1CC1)CCN3. The number of nitrogens with zero attached hydrogens (tertiary/aromatic N) is 1. The number of hydrogen-bond donors (Lipinski definition) is 2. The van der Waals surface area contributed by atoms with Crippen LogP contribution in [0.15, 0.2) is 40.8 Å². The summed E-state index contributed by atoms with van der Waals surface area (Å²) in [6.45, 7) is 4.12. The molecule has 1 aromatic heterocycles. The number of nitrogens with one attached hydrogen (secondary N) is 2. The predicted octanol–water partition coefficient (Wildman–Crippen LogP) is 4.55. The summed E-state index contributed by atoms with van der Waals surface area (Å²) in [5, 5.41) is 7.04. The van der Waals surface area contributed by atoms with Crippen molar-refractivity contribution in [2.45, 2.75) is 31.8 Å². The first-order chi connectivity index (χ1) is 14.1. The van der Waals surface area contributed by atoms with Gasteiger partial charge in [0, 0.05) is 54.9 Å². The van der Waals surface area contributed by atoms with Crippen LogP contribution in [0.4, 0.5) is 10.1 Å². The maximum Gasteiger partial charge on any atom is 0.255 e. The number of anilines is 1. The Labute approximate surface area is 168 Å². The van der Waals surface area contributed by atoms with Crippen LogP contribution in [0.3, 0.4) is 0 Å². The fraction of sp³-hybridized carbons (Fsp3) is 0.348. The smallest absolute Gasteiger partial charge is 0.255 e. The van der Waals surface area contributed by atoms with Crippen LogP contribution in [-0.2, 0) is 0 Å². The van der Waals surface area contributed by atoms with Crippen LogP contribution in [0.2, 0.25) is 0 Å². The van der Waals surface area contributed by atoms with Gasteiger partial charge in [-0.15, -0.1) is 0 Å². The van der Waals surface area contributed by atoms with Gasteiger partial charge in [-0.1, -0.05) is 0 Å². The number of carbonyl (C=O) groups is 1. The number of hydrogen-bond acceptors (Lipinski definition) is 4. The molecule has 1 aliphatic heterocycles. The Balaban J connectivity index is 1.70. The lowest BCUT2D eigenvalue weighted by Crippen LogP contribution is -2.31. The number of benzene rings is 2. The van der Waals surface area contributed by atoms with Crippen molar-refractivity contribution in [2.75, 3.05) is 25.5 Å². The Morgan fingerprint density at radius 1 is 1.24 bits per heavy atom. The van der Waals surface area contributed by atoms with Gasteiger partial charge < -0.3 is 15.1 Å². The van der Waals surface area contributed by atoms with Crippen molar-refractivity contribution < 1.29 is 13.6 Å². The van der Waals surface area contributed by atoms with Gasteiger partial charge in [0.25, 0.3) is 5.91 Å². The van der Waals surface area contributed by atoms with Crippen LogP contribution >= 0.6 is 0 Å². The molecule has 5 nitrogen and oxygen atoms in total. The highest BCUT2D eigenvalue weighted by Gasteiger charge is 2.35. The summed E-state index contributed by atoms with van der Waals surface area (Å²) < 4.78 is 19.5. The van der Waals surface area contributed by atoms with E-state index < -0.39 is 0 Å². The minimum atomic E-state index is -0.323. The molecular weight excluding hydrogens is 369 g/mol. The van der Waals surface area contributed by atoms with E-state index in [9.17, 15) is 9.18 Å². The van der Waals surface area contributed by atoms with Gasteiger partial charge in [0.05, 0.1) is 5.56 Å². The fourth-order valence-corrected chi connectivity index (χ4v) is 4.41. The first-order valence-corrected chi connectivity index (χ1v) is 10.1. The first-order valence-electron chi connectivity index (χ1n) is 10.1. The highest BCUT2D eigenvalue weighted by Crippen LogP contribution is 2.42. The number of furan rings is 1. The van der Waals surface area contributed by atoms with E-state index >= 15 is 0 Å². The van der Waals surface area contributed by atoms with Crippen LogP contribution < -0.4 is 10.6 Å². The quantitative estimate of drug-likeness (QED) is 0.685. The van der Waals surface area contributed by atoms with Crippen molar-refractivity contribution in [3.8, 4) is 11.3 Å². The summed E-state index contributed by atoms with van der Waals surface area (Å²) in [6, 6.07) is 11.0. The van der Waals surface area contributed by atoms with Crippen LogP contribution in [0.25, 0.3) is 22.3 Å². The third-order valence-electron chi connectivity index (χ3n) is 6.07. The minimum absolute atomic E-state index is 0.212. The lowest BCUT2D eigenvalue weighted by Gasteiger charge is -2.27. The Morgan fingerprint density at radius 3 is 2.69 bits per heavy atom. The maximum absolute atomic E-state index is 13.4. The van der Waals surface area contributed by atoms with E-state index in [1.165, 1.54) is 30.5 Å². The normalized spacial score (nSPS) is 19.5. The first kappa shape index (κ1) is 18.2. The van der Waals surface area contributed by atoms with E-state index in [4.69, 9.17) is 4.42 Å². The Kier molecular flexibility index (Phi) is 4.32. The van der Waals surface area contributed by atoms with Crippen molar-refractivity contribution in [3.05, 3.63) is 53.3 Å². The molecule has 2 N–H and O–H groups in total. The second-order valence-corrected chi connectivity index (χ2v) is 7.90. The second-order valence-electron chi connectivity index (χ2n) is 7.90. The number of amides is 1. The van der Waals surface area contributed by atoms with E-state index in [0.29, 0.717) is 28.5 Å². The molecular formula is C23H24FN3O2. The summed E-state index contributed by atoms with van der Waals surface area (Å²) in [5.74, 6) is -0.0706. The summed E-state index contributed by atoms with van der Waals surface area (Å²) in [7, 11) is 1.61. The highest BCUT2D eigenvalue weighted by molar-refractivity contribution is 6.11. The van der Waals surface area contributed by atoms with Crippen molar-refractivity contribution in [3.63, 3.8) is 0 Å². The van der Waals surface area contributed by atoms with Crippen molar-refractivity contribution in [1.82, 2.24) is 10.2 Å². The van der Waals surface area contributed by atoms with Crippen LogP contribution in [0.5, 0.6) is 0 Å². The zero-order chi connectivity index (χ0) is 20.1. The third kappa shape index (κ3) is 3.08. The Hall–Kier alpha value is -2.86. The molecule has 0 bridgehead atoms. The van der Waals surface area contributed by atoms with Crippen molar-refractivity contribution in [2.24, 2.45) is 0 Å². The molecule has 1 amide bonds. The molecule has 1 fully saturated rings. The maximum atomic E-state index is 13.4. The number of halogens is 1. The van der Waals surface area contributed by atoms with Crippen LogP contribution in [0.1, 0.15) is 41.7 Å². The summed E-state index contributed by atoms with van der Waals surface area (Å²) in [6.07, 6.45) is 2.51. The zero-order valence-electron chi connectivity index (χ0n) is 16.6. The van der Waals surface area contributed by atoms with Gasteiger partial charge in [0.1, 0.15) is 17.2 Å². The van der Waals surface area contributed by atoms with Gasteiger partial charge in [0.15, 0.2) is 0 Å². The predicted molar refractivity (Wildman–Crippen MR) is 112 cm³/mol. The molecule has 29 heavy (non-hydrogen) atoms. The molecule has 3 aromatic rings. The highest BCUT2D eigenvalue weighted by atomic mass is 19.1. The van der Waals surface area contributed by atoms with Gasteiger partial charge in [-0.3, -0.25) is 9.69 Å².